The van der Waals surface area contributed by atoms with Crippen LogP contribution >= 0.6 is 11.6 Å². The van der Waals surface area contributed by atoms with E-state index in [4.69, 9.17) is 11.6 Å². The first-order valence-electron chi connectivity index (χ1n) is 6.10. The second kappa shape index (κ2) is 6.21. The number of aromatic nitrogens is 1. The van der Waals surface area contributed by atoms with E-state index in [0.29, 0.717) is 5.88 Å². The van der Waals surface area contributed by atoms with Crippen molar-refractivity contribution in [3.8, 4) is 0 Å². The van der Waals surface area contributed by atoms with E-state index < -0.39 is 0 Å². The van der Waals surface area contributed by atoms with Gasteiger partial charge in [0.1, 0.15) is 0 Å². The van der Waals surface area contributed by atoms with Crippen LogP contribution in [0.25, 0.3) is 0 Å². The Labute approximate surface area is 103 Å². The minimum absolute atomic E-state index is 0.712. The van der Waals surface area contributed by atoms with Crippen LogP contribution in [0.2, 0.25) is 0 Å². The monoisotopic (exact) mass is 238 g/mol. The zero-order chi connectivity index (χ0) is 11.2. The van der Waals surface area contributed by atoms with Crippen molar-refractivity contribution in [3.05, 3.63) is 30.1 Å². The summed E-state index contributed by atoms with van der Waals surface area (Å²) in [7, 11) is 0. The van der Waals surface area contributed by atoms with Gasteiger partial charge in [-0.05, 0) is 25.0 Å². The molecule has 0 N–H and O–H groups in total. The third kappa shape index (κ3) is 3.19. The van der Waals surface area contributed by atoms with Crippen LogP contribution in [0.1, 0.15) is 31.4 Å². The van der Waals surface area contributed by atoms with Crippen molar-refractivity contribution in [2.45, 2.75) is 38.3 Å². The number of hydrogen-bond acceptors (Lipinski definition) is 2. The highest BCUT2D eigenvalue weighted by molar-refractivity contribution is 6.18. The summed E-state index contributed by atoms with van der Waals surface area (Å²) in [6, 6.07) is 6.83. The molecule has 0 atom stereocenters. The summed E-state index contributed by atoms with van der Waals surface area (Å²) in [4.78, 5) is 6.88. The van der Waals surface area contributed by atoms with Crippen molar-refractivity contribution in [1.82, 2.24) is 9.88 Å². The Balaban J connectivity index is 1.96. The maximum atomic E-state index is 5.88. The maximum Gasteiger partial charge on any atom is 0.0544 e. The topological polar surface area (TPSA) is 16.1 Å². The summed E-state index contributed by atoms with van der Waals surface area (Å²) in [5.41, 5.74) is 1.15. The lowest BCUT2D eigenvalue weighted by Gasteiger charge is -2.27. The van der Waals surface area contributed by atoms with Crippen LogP contribution < -0.4 is 0 Å². The van der Waals surface area contributed by atoms with Crippen LogP contribution in [-0.4, -0.2) is 28.4 Å². The van der Waals surface area contributed by atoms with Crippen molar-refractivity contribution in [1.29, 1.82) is 0 Å². The Bertz CT molecular complexity index is 296. The fourth-order valence-corrected chi connectivity index (χ4v) is 2.69. The van der Waals surface area contributed by atoms with Crippen molar-refractivity contribution in [3.63, 3.8) is 0 Å². The van der Waals surface area contributed by atoms with Crippen molar-refractivity contribution >= 4 is 11.6 Å². The average Bonchev–Trinajstić information content (AvgIpc) is 2.83. The number of nitrogens with zero attached hydrogens (tertiary/aromatic N) is 2. The summed E-state index contributed by atoms with van der Waals surface area (Å²) < 4.78 is 0. The molecule has 0 amide bonds. The largest absolute Gasteiger partial charge is 0.293 e. The number of halogens is 1. The van der Waals surface area contributed by atoms with Crippen LogP contribution in [0.3, 0.4) is 0 Å². The smallest absolute Gasteiger partial charge is 0.0544 e. The molecule has 2 nitrogen and oxygen atoms in total. The van der Waals surface area contributed by atoms with Crippen LogP contribution in [-0.2, 0) is 6.54 Å². The minimum atomic E-state index is 0.712. The first kappa shape index (κ1) is 11.9. The van der Waals surface area contributed by atoms with Gasteiger partial charge in [0.05, 0.1) is 5.69 Å². The molecule has 0 unspecified atom stereocenters. The lowest BCUT2D eigenvalue weighted by molar-refractivity contribution is 0.199. The van der Waals surface area contributed by atoms with E-state index in [9.17, 15) is 0 Å². The molecule has 1 aliphatic rings. The predicted octanol–water partition coefficient (Wildman–Crippen LogP) is 3.07. The lowest BCUT2D eigenvalue weighted by atomic mass is 10.2. The van der Waals surface area contributed by atoms with E-state index in [2.05, 4.69) is 22.0 Å². The SMILES string of the molecule is ClCCN(Cc1ccccn1)C1CCCC1. The number of pyridine rings is 1. The molecule has 1 fully saturated rings. The van der Waals surface area contributed by atoms with Gasteiger partial charge >= 0.3 is 0 Å². The van der Waals surface area contributed by atoms with Gasteiger partial charge in [-0.2, -0.15) is 0 Å². The highest BCUT2D eigenvalue weighted by Gasteiger charge is 2.22. The molecule has 0 aliphatic heterocycles. The molecular formula is C13H19ClN2. The Morgan fingerprint density at radius 3 is 2.75 bits per heavy atom. The van der Waals surface area contributed by atoms with E-state index in [1.165, 1.54) is 25.7 Å². The summed E-state index contributed by atoms with van der Waals surface area (Å²) in [6.45, 7) is 1.92. The predicted molar refractivity (Wildman–Crippen MR) is 67.6 cm³/mol. The standard InChI is InChI=1S/C13H19ClN2/c14-8-10-16(13-6-1-2-7-13)11-12-5-3-4-9-15-12/h3-5,9,13H,1-2,6-8,10-11H2. The zero-order valence-corrected chi connectivity index (χ0v) is 10.4. The summed E-state index contributed by atoms with van der Waals surface area (Å²) >= 11 is 5.88. The summed E-state index contributed by atoms with van der Waals surface area (Å²) in [5, 5.41) is 0. The number of alkyl halides is 1. The van der Waals surface area contributed by atoms with Crippen LogP contribution in [0, 0.1) is 0 Å². The van der Waals surface area contributed by atoms with Gasteiger partial charge in [0.15, 0.2) is 0 Å². The zero-order valence-electron chi connectivity index (χ0n) is 9.61. The van der Waals surface area contributed by atoms with Crippen LogP contribution in [0.15, 0.2) is 24.4 Å². The average molecular weight is 239 g/mol. The van der Waals surface area contributed by atoms with Crippen LogP contribution in [0.5, 0.6) is 0 Å². The van der Waals surface area contributed by atoms with Gasteiger partial charge in [-0.15, -0.1) is 11.6 Å². The normalized spacial score (nSPS) is 17.1. The first-order valence-corrected chi connectivity index (χ1v) is 6.63. The molecule has 88 valence electrons. The Morgan fingerprint density at radius 1 is 1.31 bits per heavy atom. The Kier molecular flexibility index (Phi) is 4.61. The molecule has 1 aliphatic carbocycles. The number of hydrogen-bond donors (Lipinski definition) is 0. The van der Waals surface area contributed by atoms with Crippen LogP contribution in [0.4, 0.5) is 0 Å². The molecule has 0 spiro atoms. The highest BCUT2D eigenvalue weighted by atomic mass is 35.5. The fraction of sp³-hybridized carbons (Fsp3) is 0.615. The minimum Gasteiger partial charge on any atom is -0.293 e. The second-order valence-corrected chi connectivity index (χ2v) is 4.80. The molecular weight excluding hydrogens is 220 g/mol. The quantitative estimate of drug-likeness (QED) is 0.733. The molecule has 0 bridgehead atoms. The third-order valence-corrected chi connectivity index (χ3v) is 3.47. The first-order chi connectivity index (χ1) is 7.90. The van der Waals surface area contributed by atoms with Gasteiger partial charge in [-0.3, -0.25) is 9.88 Å². The van der Waals surface area contributed by atoms with E-state index in [-0.39, 0.29) is 0 Å². The molecule has 0 saturated heterocycles. The van der Waals surface area contributed by atoms with Gasteiger partial charge in [-0.1, -0.05) is 18.9 Å². The molecule has 1 aromatic rings. The second-order valence-electron chi connectivity index (χ2n) is 4.42. The molecule has 0 aromatic carbocycles. The van der Waals surface area contributed by atoms with Gasteiger partial charge < -0.3 is 0 Å². The lowest BCUT2D eigenvalue weighted by Crippen LogP contribution is -2.34. The van der Waals surface area contributed by atoms with Gasteiger partial charge in [0.25, 0.3) is 0 Å². The van der Waals surface area contributed by atoms with Gasteiger partial charge in [0.2, 0.25) is 0 Å². The number of rotatable bonds is 5. The summed E-state index contributed by atoms with van der Waals surface area (Å²) in [5.74, 6) is 0.712. The molecule has 1 heterocycles. The molecule has 0 radical (unpaired) electrons. The molecule has 1 aromatic heterocycles. The Morgan fingerprint density at radius 2 is 2.12 bits per heavy atom. The maximum absolute atomic E-state index is 5.88. The van der Waals surface area contributed by atoms with E-state index >= 15 is 0 Å². The van der Waals surface area contributed by atoms with E-state index in [0.717, 1.165) is 24.8 Å². The van der Waals surface area contributed by atoms with E-state index in [1.54, 1.807) is 0 Å². The van der Waals surface area contributed by atoms with E-state index in [1.807, 2.05) is 12.3 Å². The van der Waals surface area contributed by atoms with Gasteiger partial charge in [0, 0.05) is 31.2 Å². The van der Waals surface area contributed by atoms with Gasteiger partial charge in [-0.25, -0.2) is 0 Å². The molecule has 3 heteroatoms. The van der Waals surface area contributed by atoms with Crippen molar-refractivity contribution in [2.24, 2.45) is 0 Å². The molecule has 16 heavy (non-hydrogen) atoms. The van der Waals surface area contributed by atoms with Crippen molar-refractivity contribution < 1.29 is 0 Å². The summed E-state index contributed by atoms with van der Waals surface area (Å²) in [6.07, 6.45) is 7.24. The van der Waals surface area contributed by atoms with Crippen molar-refractivity contribution in [2.75, 3.05) is 12.4 Å². The highest BCUT2D eigenvalue weighted by Crippen LogP contribution is 2.24. The molecule has 2 rings (SSSR count). The third-order valence-electron chi connectivity index (χ3n) is 3.30. The molecule has 1 saturated carbocycles. The fourth-order valence-electron chi connectivity index (χ4n) is 2.47. The Hall–Kier alpha value is -0.600.